The van der Waals surface area contributed by atoms with E-state index in [-0.39, 0.29) is 6.04 Å². The number of rotatable bonds is 3. The SMILES string of the molecule is CNC(c1ccn(C)n1)C1COc2ccccc2C1. The van der Waals surface area contributed by atoms with E-state index in [1.165, 1.54) is 5.56 Å². The molecule has 0 spiro atoms. The minimum atomic E-state index is 0.231. The van der Waals surface area contributed by atoms with Crippen LogP contribution in [0, 0.1) is 5.92 Å². The third-order valence-corrected chi connectivity index (χ3v) is 3.74. The quantitative estimate of drug-likeness (QED) is 0.913. The fourth-order valence-electron chi connectivity index (χ4n) is 2.79. The number of nitrogens with one attached hydrogen (secondary N) is 1. The van der Waals surface area contributed by atoms with Crippen molar-refractivity contribution >= 4 is 0 Å². The van der Waals surface area contributed by atoms with Gasteiger partial charge in [-0.2, -0.15) is 5.10 Å². The normalized spacial score (nSPS) is 19.6. The maximum atomic E-state index is 5.87. The highest BCUT2D eigenvalue weighted by atomic mass is 16.5. The molecule has 4 nitrogen and oxygen atoms in total. The second-order valence-corrected chi connectivity index (χ2v) is 5.06. The molecule has 0 aliphatic carbocycles. The summed E-state index contributed by atoms with van der Waals surface area (Å²) in [5.74, 6) is 1.43. The largest absolute Gasteiger partial charge is 0.493 e. The number of ether oxygens (including phenoxy) is 1. The van der Waals surface area contributed by atoms with Crippen molar-refractivity contribution in [2.75, 3.05) is 13.7 Å². The maximum Gasteiger partial charge on any atom is 0.122 e. The van der Waals surface area contributed by atoms with Crippen LogP contribution in [0.3, 0.4) is 0 Å². The molecule has 19 heavy (non-hydrogen) atoms. The Labute approximate surface area is 113 Å². The van der Waals surface area contributed by atoms with Gasteiger partial charge in [-0.15, -0.1) is 0 Å². The van der Waals surface area contributed by atoms with E-state index < -0.39 is 0 Å². The van der Waals surface area contributed by atoms with Crippen LogP contribution in [0.25, 0.3) is 0 Å². The average molecular weight is 257 g/mol. The molecule has 2 heterocycles. The lowest BCUT2D eigenvalue weighted by Gasteiger charge is -2.30. The zero-order chi connectivity index (χ0) is 13.2. The summed E-state index contributed by atoms with van der Waals surface area (Å²) in [5, 5.41) is 7.89. The van der Waals surface area contributed by atoms with Crippen molar-refractivity contribution in [1.82, 2.24) is 15.1 Å². The summed E-state index contributed by atoms with van der Waals surface area (Å²) < 4.78 is 7.72. The molecule has 100 valence electrons. The molecule has 1 N–H and O–H groups in total. The Morgan fingerprint density at radius 3 is 2.95 bits per heavy atom. The van der Waals surface area contributed by atoms with Crippen LogP contribution in [0.4, 0.5) is 0 Å². The van der Waals surface area contributed by atoms with Gasteiger partial charge in [0.15, 0.2) is 0 Å². The first kappa shape index (κ1) is 12.2. The van der Waals surface area contributed by atoms with Crippen LogP contribution in [-0.2, 0) is 13.5 Å². The predicted molar refractivity (Wildman–Crippen MR) is 74.1 cm³/mol. The van der Waals surface area contributed by atoms with Gasteiger partial charge in [0.2, 0.25) is 0 Å². The fraction of sp³-hybridized carbons (Fsp3) is 0.400. The smallest absolute Gasteiger partial charge is 0.122 e. The molecule has 1 aliphatic heterocycles. The molecule has 0 saturated carbocycles. The summed E-state index contributed by atoms with van der Waals surface area (Å²) in [6.45, 7) is 0.735. The van der Waals surface area contributed by atoms with Crippen molar-refractivity contribution in [3.8, 4) is 5.75 Å². The first-order chi connectivity index (χ1) is 9.28. The van der Waals surface area contributed by atoms with Crippen LogP contribution in [0.15, 0.2) is 36.5 Å². The third-order valence-electron chi connectivity index (χ3n) is 3.74. The van der Waals surface area contributed by atoms with E-state index in [1.807, 2.05) is 37.1 Å². The maximum absolute atomic E-state index is 5.87. The molecule has 1 aromatic carbocycles. The Morgan fingerprint density at radius 1 is 1.37 bits per heavy atom. The van der Waals surface area contributed by atoms with E-state index in [4.69, 9.17) is 4.74 Å². The van der Waals surface area contributed by atoms with E-state index in [9.17, 15) is 0 Å². The number of hydrogen-bond donors (Lipinski definition) is 1. The molecule has 0 fully saturated rings. The summed E-state index contributed by atoms with van der Waals surface area (Å²) in [4.78, 5) is 0. The first-order valence-electron chi connectivity index (χ1n) is 6.65. The van der Waals surface area contributed by atoms with Crippen LogP contribution in [-0.4, -0.2) is 23.4 Å². The molecule has 0 bridgehead atoms. The van der Waals surface area contributed by atoms with E-state index in [2.05, 4.69) is 28.6 Å². The average Bonchev–Trinajstić information content (AvgIpc) is 2.86. The zero-order valence-electron chi connectivity index (χ0n) is 11.3. The molecule has 4 heteroatoms. The van der Waals surface area contributed by atoms with E-state index >= 15 is 0 Å². The standard InChI is InChI=1S/C15H19N3O/c1-16-15(13-7-8-18(2)17-13)12-9-11-5-3-4-6-14(11)19-10-12/h3-8,12,15-16H,9-10H2,1-2H3. The number of nitrogens with zero attached hydrogens (tertiary/aromatic N) is 2. The Morgan fingerprint density at radius 2 is 2.21 bits per heavy atom. The van der Waals surface area contributed by atoms with Crippen LogP contribution in [0.1, 0.15) is 17.3 Å². The second-order valence-electron chi connectivity index (χ2n) is 5.06. The molecule has 3 rings (SSSR count). The minimum absolute atomic E-state index is 0.231. The summed E-state index contributed by atoms with van der Waals surface area (Å²) in [5.41, 5.74) is 2.37. The highest BCUT2D eigenvalue weighted by molar-refractivity contribution is 5.35. The summed E-state index contributed by atoms with van der Waals surface area (Å²) >= 11 is 0. The second kappa shape index (κ2) is 5.05. The zero-order valence-corrected chi connectivity index (χ0v) is 11.3. The van der Waals surface area contributed by atoms with Crippen molar-refractivity contribution in [1.29, 1.82) is 0 Å². The highest BCUT2D eigenvalue weighted by Gasteiger charge is 2.28. The molecule has 0 radical (unpaired) electrons. The number of fused-ring (bicyclic) bond motifs is 1. The number of aromatic nitrogens is 2. The number of para-hydroxylation sites is 1. The lowest BCUT2D eigenvalue weighted by Crippen LogP contribution is -2.33. The molecule has 0 amide bonds. The van der Waals surface area contributed by atoms with Gasteiger partial charge in [-0.1, -0.05) is 18.2 Å². The third kappa shape index (κ3) is 2.36. The molecule has 2 atom stereocenters. The molecule has 0 saturated heterocycles. The summed E-state index contributed by atoms with van der Waals surface area (Å²) in [7, 11) is 3.93. The minimum Gasteiger partial charge on any atom is -0.493 e. The number of aryl methyl sites for hydroxylation is 1. The van der Waals surface area contributed by atoms with Gasteiger partial charge < -0.3 is 10.1 Å². The summed E-state index contributed by atoms with van der Waals surface area (Å²) in [6.07, 6.45) is 3.01. The number of benzene rings is 1. The van der Waals surface area contributed by atoms with Crippen molar-refractivity contribution in [3.63, 3.8) is 0 Å². The van der Waals surface area contributed by atoms with Gasteiger partial charge in [-0.25, -0.2) is 0 Å². The van der Waals surface area contributed by atoms with Gasteiger partial charge >= 0.3 is 0 Å². The lowest BCUT2D eigenvalue weighted by molar-refractivity contribution is 0.186. The van der Waals surface area contributed by atoms with Crippen molar-refractivity contribution in [2.45, 2.75) is 12.5 Å². The van der Waals surface area contributed by atoms with Gasteiger partial charge in [0.05, 0.1) is 18.3 Å². The molecular weight excluding hydrogens is 238 g/mol. The monoisotopic (exact) mass is 257 g/mol. The first-order valence-corrected chi connectivity index (χ1v) is 6.65. The fourth-order valence-corrected chi connectivity index (χ4v) is 2.79. The van der Waals surface area contributed by atoms with Gasteiger partial charge in [0.1, 0.15) is 5.75 Å². The van der Waals surface area contributed by atoms with Gasteiger partial charge in [0, 0.05) is 19.2 Å². The lowest BCUT2D eigenvalue weighted by atomic mass is 9.89. The van der Waals surface area contributed by atoms with Crippen molar-refractivity contribution in [2.24, 2.45) is 13.0 Å². The van der Waals surface area contributed by atoms with Crippen LogP contribution in [0.2, 0.25) is 0 Å². The molecule has 2 aromatic rings. The summed E-state index contributed by atoms with van der Waals surface area (Å²) in [6, 6.07) is 10.6. The Bertz CT molecular complexity index is 564. The van der Waals surface area contributed by atoms with Gasteiger partial charge in [-0.3, -0.25) is 4.68 Å². The topological polar surface area (TPSA) is 39.1 Å². The molecule has 1 aromatic heterocycles. The van der Waals surface area contributed by atoms with E-state index in [0.717, 1.165) is 24.5 Å². The van der Waals surface area contributed by atoms with E-state index in [1.54, 1.807) is 0 Å². The Kier molecular flexibility index (Phi) is 3.25. The highest BCUT2D eigenvalue weighted by Crippen LogP contribution is 2.32. The molecule has 1 aliphatic rings. The Hall–Kier alpha value is -1.81. The van der Waals surface area contributed by atoms with Crippen LogP contribution < -0.4 is 10.1 Å². The van der Waals surface area contributed by atoms with Gasteiger partial charge in [-0.05, 0) is 31.2 Å². The van der Waals surface area contributed by atoms with Crippen molar-refractivity contribution < 1.29 is 4.74 Å². The molecule has 2 unspecified atom stereocenters. The number of hydrogen-bond acceptors (Lipinski definition) is 3. The predicted octanol–water partition coefficient (Wildman–Crippen LogP) is 1.93. The van der Waals surface area contributed by atoms with Crippen molar-refractivity contribution in [3.05, 3.63) is 47.8 Å². The van der Waals surface area contributed by atoms with Gasteiger partial charge in [0.25, 0.3) is 0 Å². The Balaban J connectivity index is 1.83. The van der Waals surface area contributed by atoms with E-state index in [0.29, 0.717) is 5.92 Å². The van der Waals surface area contributed by atoms with Crippen LogP contribution in [0.5, 0.6) is 5.75 Å². The molecular formula is C15H19N3O. The van der Waals surface area contributed by atoms with Crippen LogP contribution >= 0.6 is 0 Å².